The van der Waals surface area contributed by atoms with Crippen molar-refractivity contribution < 1.29 is 69.9 Å². The molecule has 0 heterocycles. The molecule has 14 N–H and O–H groups in total. The SMILES string of the molecule is CCNN(CC(O)CCC(=O)Nc1c(I)c(C(=O)NCC(O)CO)c(I)c(C(=O)NCC(O)CO)c1I)C(=O)C1=C(I)C(O)C(O)(I)C(C(=O)NCC(O)CO)=C1I. The number of hydrogen-bond acceptors (Lipinski definition) is 15. The molecule has 0 radical (unpaired) electrons. The predicted octanol–water partition coefficient (Wildman–Crippen LogP) is -1.56. The second kappa shape index (κ2) is 25.4. The van der Waals surface area contributed by atoms with E-state index in [2.05, 4.69) is 26.7 Å². The molecule has 0 aromatic heterocycles. The molecule has 0 saturated carbocycles. The summed E-state index contributed by atoms with van der Waals surface area (Å²) in [6, 6.07) is 0. The van der Waals surface area contributed by atoms with E-state index in [1.165, 1.54) is 22.6 Å². The van der Waals surface area contributed by atoms with Crippen molar-refractivity contribution in [3.8, 4) is 0 Å². The van der Waals surface area contributed by atoms with Gasteiger partial charge in [-0.2, -0.15) is 0 Å². The Hall–Kier alpha value is 0.0300. The van der Waals surface area contributed by atoms with E-state index in [1.54, 1.807) is 74.7 Å². The molecule has 58 heavy (non-hydrogen) atoms. The van der Waals surface area contributed by atoms with Crippen LogP contribution >= 0.6 is 136 Å². The zero-order chi connectivity index (χ0) is 44.2. The molecule has 0 spiro atoms. The van der Waals surface area contributed by atoms with Crippen LogP contribution in [-0.4, -0.2) is 167 Å². The number of carbonyl (C=O) groups excluding carboxylic acids is 5. The van der Waals surface area contributed by atoms with Crippen LogP contribution in [0.15, 0.2) is 18.3 Å². The lowest BCUT2D eigenvalue weighted by Gasteiger charge is -2.36. The normalized spacial score (nSPS) is 18.9. The van der Waals surface area contributed by atoms with Gasteiger partial charge in [0.15, 0.2) is 3.61 Å². The third kappa shape index (κ3) is 14.3. The first kappa shape index (κ1) is 54.2. The summed E-state index contributed by atoms with van der Waals surface area (Å²) in [6.07, 6.45) is -7.47. The standard InChI is InChI=1S/C32H42I6N6O14/c1-2-42-44(31(57)19-22(34)20(30(56)41-7-15(51)11-47)32(38,58)27(53)25(19)37)8-12(48)3-4-16(52)43-26-23(35)17(28(54)39-5-13(49)9-45)21(33)18(24(26)36)29(55)40-6-14(50)10-46/h12-15,27,42,45-51,53,58H,2-11H2,1H3,(H,39,54)(H,40,55)(H,41,56)(H,43,52). The number of nitrogens with zero attached hydrogens (tertiary/aromatic N) is 1. The van der Waals surface area contributed by atoms with Crippen LogP contribution in [0.2, 0.25) is 0 Å². The van der Waals surface area contributed by atoms with Crippen molar-refractivity contribution in [3.63, 3.8) is 0 Å². The number of aliphatic hydroxyl groups excluding tert-OH is 8. The summed E-state index contributed by atoms with van der Waals surface area (Å²) in [7, 11) is 0. The van der Waals surface area contributed by atoms with E-state index in [4.69, 9.17) is 5.11 Å². The van der Waals surface area contributed by atoms with E-state index in [-0.39, 0.29) is 84.9 Å². The first-order valence-corrected chi connectivity index (χ1v) is 23.4. The lowest BCUT2D eigenvalue weighted by Crippen LogP contribution is -2.51. The molecule has 26 heteroatoms. The first-order chi connectivity index (χ1) is 27.1. The van der Waals surface area contributed by atoms with Crippen molar-refractivity contribution in [2.24, 2.45) is 0 Å². The van der Waals surface area contributed by atoms with Gasteiger partial charge in [-0.25, -0.2) is 5.43 Å². The van der Waals surface area contributed by atoms with Crippen molar-refractivity contribution in [1.29, 1.82) is 0 Å². The molecular formula is C32H42I6N6O14. The molecule has 0 saturated heterocycles. The summed E-state index contributed by atoms with van der Waals surface area (Å²) in [6.45, 7) is -1.50. The van der Waals surface area contributed by atoms with Crippen LogP contribution in [0.4, 0.5) is 5.69 Å². The van der Waals surface area contributed by atoms with Gasteiger partial charge >= 0.3 is 0 Å². The number of hydrogen-bond donors (Lipinski definition) is 14. The number of nitrogens with one attached hydrogen (secondary N) is 5. The second-order valence-corrected chi connectivity index (χ2v) is 19.5. The number of benzene rings is 1. The maximum absolute atomic E-state index is 14.0. The number of amides is 5. The fraction of sp³-hybridized carbons (Fsp3) is 0.531. The number of anilines is 1. The lowest BCUT2D eigenvalue weighted by molar-refractivity contribution is -0.131. The molecular weight excluding hydrogens is 1450 g/mol. The molecule has 2 rings (SSSR count). The third-order valence-corrected chi connectivity index (χ3v) is 14.5. The zero-order valence-electron chi connectivity index (χ0n) is 30.2. The van der Waals surface area contributed by atoms with Gasteiger partial charge in [0, 0.05) is 43.3 Å². The highest BCUT2D eigenvalue weighted by Crippen LogP contribution is 2.47. The molecule has 20 nitrogen and oxygen atoms in total. The molecule has 1 aromatic carbocycles. The molecule has 6 unspecified atom stereocenters. The summed E-state index contributed by atoms with van der Waals surface area (Å²) >= 11 is 10.2. The Morgan fingerprint density at radius 1 is 0.741 bits per heavy atom. The van der Waals surface area contributed by atoms with Gasteiger partial charge in [0.05, 0.1) is 85.9 Å². The minimum Gasteiger partial charge on any atom is -0.394 e. The summed E-state index contributed by atoms with van der Waals surface area (Å²) < 4.78 is -1.64. The van der Waals surface area contributed by atoms with Crippen molar-refractivity contribution >= 4 is 171 Å². The Labute approximate surface area is 414 Å². The average molecular weight is 1500 g/mol. The molecule has 0 fully saturated rings. The molecule has 1 aliphatic rings. The summed E-state index contributed by atoms with van der Waals surface area (Å²) in [5.41, 5.74) is 2.26. The number of rotatable bonds is 21. The largest absolute Gasteiger partial charge is 0.394 e. The molecule has 1 aliphatic carbocycles. The van der Waals surface area contributed by atoms with Gasteiger partial charge in [-0.15, -0.1) is 0 Å². The van der Waals surface area contributed by atoms with E-state index in [1.807, 2.05) is 45.2 Å². The predicted molar refractivity (Wildman–Crippen MR) is 258 cm³/mol. The molecule has 0 aliphatic heterocycles. The number of hydrazine groups is 1. The highest BCUT2D eigenvalue weighted by Gasteiger charge is 2.49. The van der Waals surface area contributed by atoms with E-state index >= 15 is 0 Å². The third-order valence-electron chi connectivity index (χ3n) is 7.93. The van der Waals surface area contributed by atoms with Gasteiger partial charge < -0.3 is 67.2 Å². The van der Waals surface area contributed by atoms with Crippen LogP contribution in [0.1, 0.15) is 40.5 Å². The Morgan fingerprint density at radius 2 is 1.19 bits per heavy atom. The van der Waals surface area contributed by atoms with Gasteiger partial charge in [0.25, 0.3) is 23.6 Å². The van der Waals surface area contributed by atoms with Gasteiger partial charge in [0.1, 0.15) is 6.10 Å². The van der Waals surface area contributed by atoms with Crippen LogP contribution in [0.5, 0.6) is 0 Å². The number of halogens is 6. The summed E-state index contributed by atoms with van der Waals surface area (Å²) in [5.74, 6) is -3.84. The summed E-state index contributed by atoms with van der Waals surface area (Å²) in [5, 5.41) is 101. The van der Waals surface area contributed by atoms with E-state index in [0.29, 0.717) is 0 Å². The van der Waals surface area contributed by atoms with Gasteiger partial charge in [0.2, 0.25) is 5.91 Å². The number of aliphatic hydroxyl groups is 9. The summed E-state index contributed by atoms with van der Waals surface area (Å²) in [4.78, 5) is 67.2. The van der Waals surface area contributed by atoms with E-state index in [9.17, 15) is 64.8 Å². The number of alkyl halides is 1. The van der Waals surface area contributed by atoms with Crippen molar-refractivity contribution in [1.82, 2.24) is 26.4 Å². The van der Waals surface area contributed by atoms with Crippen molar-refractivity contribution in [2.45, 2.75) is 53.9 Å². The maximum atomic E-state index is 14.0. The minimum absolute atomic E-state index is 0.00964. The molecule has 0 bridgehead atoms. The molecule has 1 aromatic rings. The quantitative estimate of drug-likeness (QED) is 0.0377. The molecule has 326 valence electrons. The Kier molecular flexibility index (Phi) is 23.7. The lowest BCUT2D eigenvalue weighted by atomic mass is 9.92. The fourth-order valence-corrected chi connectivity index (χ4v) is 13.9. The topological polar surface area (TPSA) is 331 Å². The molecule has 6 atom stereocenters. The Balaban J connectivity index is 2.38. The zero-order valence-corrected chi connectivity index (χ0v) is 43.2. The van der Waals surface area contributed by atoms with Crippen LogP contribution in [0, 0.1) is 10.7 Å². The monoisotopic (exact) mass is 1500 g/mol. The average Bonchev–Trinajstić information content (AvgIpc) is 3.17. The Bertz CT molecular complexity index is 1720. The van der Waals surface area contributed by atoms with Gasteiger partial charge in [-0.05, 0) is 142 Å². The fourth-order valence-electron chi connectivity index (χ4n) is 4.89. The van der Waals surface area contributed by atoms with Crippen LogP contribution < -0.4 is 26.7 Å². The maximum Gasteiger partial charge on any atom is 0.269 e. The van der Waals surface area contributed by atoms with E-state index < -0.39 is 90.0 Å². The minimum atomic E-state index is -2.19. The van der Waals surface area contributed by atoms with Crippen molar-refractivity contribution in [2.75, 3.05) is 57.9 Å². The molecule has 5 amide bonds. The first-order valence-electron chi connectivity index (χ1n) is 16.9. The van der Waals surface area contributed by atoms with Crippen LogP contribution in [-0.2, 0) is 14.4 Å². The number of carbonyl (C=O) groups is 5. The van der Waals surface area contributed by atoms with E-state index in [0.717, 1.165) is 5.01 Å². The van der Waals surface area contributed by atoms with Crippen molar-refractivity contribution in [3.05, 3.63) is 40.1 Å². The van der Waals surface area contributed by atoms with Crippen LogP contribution in [0.25, 0.3) is 0 Å². The Morgan fingerprint density at radius 3 is 1.62 bits per heavy atom. The van der Waals surface area contributed by atoms with Crippen LogP contribution in [0.3, 0.4) is 0 Å². The smallest absolute Gasteiger partial charge is 0.269 e. The second-order valence-electron chi connectivity index (χ2n) is 12.4. The van der Waals surface area contributed by atoms with Gasteiger partial charge in [-0.3, -0.25) is 29.0 Å². The highest BCUT2D eigenvalue weighted by atomic mass is 127. The highest BCUT2D eigenvalue weighted by molar-refractivity contribution is 14.1. The van der Waals surface area contributed by atoms with Gasteiger partial charge in [-0.1, -0.05) is 6.92 Å².